The Morgan fingerprint density at radius 2 is 1.94 bits per heavy atom. The Bertz CT molecular complexity index is 409. The normalized spacial score (nSPS) is 10.1. The molecule has 0 aliphatic rings. The summed E-state index contributed by atoms with van der Waals surface area (Å²) in [5, 5.41) is 0.829. The predicted molar refractivity (Wildman–Crippen MR) is 52.0 cm³/mol. The molecule has 1 rings (SSSR count). The first kappa shape index (κ1) is 12.4. The Balaban J connectivity index is 3.21. The summed E-state index contributed by atoms with van der Waals surface area (Å²) in [6, 6.07) is 1.99. The van der Waals surface area contributed by atoms with Crippen LogP contribution in [0.25, 0.3) is 0 Å². The van der Waals surface area contributed by atoms with Crippen LogP contribution >= 0.6 is 0 Å². The van der Waals surface area contributed by atoms with Crippen molar-refractivity contribution in [2.24, 2.45) is 0 Å². The minimum atomic E-state index is -1.04. The van der Waals surface area contributed by atoms with E-state index in [2.05, 4.69) is 9.57 Å². The fraction of sp³-hybridized carbons (Fsp3) is 0.300. The molecule has 4 nitrogen and oxygen atoms in total. The van der Waals surface area contributed by atoms with Gasteiger partial charge in [-0.05, 0) is 12.1 Å². The number of hydrogen-bond donors (Lipinski definition) is 0. The van der Waals surface area contributed by atoms with Crippen LogP contribution in [0.15, 0.2) is 12.1 Å². The van der Waals surface area contributed by atoms with Crippen molar-refractivity contribution in [2.45, 2.75) is 0 Å². The summed E-state index contributed by atoms with van der Waals surface area (Å²) in [6.45, 7) is 0. The molecular weight excluding hydrogens is 220 g/mol. The highest BCUT2D eigenvalue weighted by Gasteiger charge is 2.21. The number of methoxy groups -OCH3 is 1. The molecule has 0 radical (unpaired) electrons. The van der Waals surface area contributed by atoms with Gasteiger partial charge in [-0.3, -0.25) is 9.63 Å². The number of hydroxylamine groups is 2. The Kier molecular flexibility index (Phi) is 3.78. The van der Waals surface area contributed by atoms with Crippen LogP contribution in [0.5, 0.6) is 5.75 Å². The molecule has 0 saturated carbocycles. The molecule has 6 heteroatoms. The van der Waals surface area contributed by atoms with Crippen molar-refractivity contribution in [3.05, 3.63) is 29.3 Å². The van der Waals surface area contributed by atoms with E-state index in [1.807, 2.05) is 0 Å². The van der Waals surface area contributed by atoms with E-state index in [1.54, 1.807) is 0 Å². The van der Waals surface area contributed by atoms with Gasteiger partial charge in [-0.2, -0.15) is 0 Å². The summed E-state index contributed by atoms with van der Waals surface area (Å²) in [5.41, 5.74) is -0.317. The van der Waals surface area contributed by atoms with E-state index in [0.29, 0.717) is 0 Å². The highest BCUT2D eigenvalue weighted by molar-refractivity contribution is 5.94. The van der Waals surface area contributed by atoms with Crippen LogP contribution in [0, 0.1) is 11.6 Å². The molecule has 0 saturated heterocycles. The molecule has 88 valence electrons. The maximum Gasteiger partial charge on any atom is 0.280 e. The van der Waals surface area contributed by atoms with E-state index < -0.39 is 23.3 Å². The molecule has 0 aliphatic carbocycles. The first-order valence-corrected chi connectivity index (χ1v) is 4.37. The van der Waals surface area contributed by atoms with Crippen molar-refractivity contribution in [3.8, 4) is 5.75 Å². The predicted octanol–water partition coefficient (Wildman–Crippen LogP) is 1.61. The minimum absolute atomic E-state index is 0.317. The van der Waals surface area contributed by atoms with Gasteiger partial charge in [-0.1, -0.05) is 0 Å². The summed E-state index contributed by atoms with van der Waals surface area (Å²) < 4.78 is 31.2. The summed E-state index contributed by atoms with van der Waals surface area (Å²) in [7, 11) is 3.70. The molecule has 0 fully saturated rings. The minimum Gasteiger partial charge on any atom is -0.491 e. The molecule has 0 N–H and O–H groups in total. The van der Waals surface area contributed by atoms with Crippen LogP contribution in [0.4, 0.5) is 8.78 Å². The average molecular weight is 231 g/mol. The number of carbonyl (C=O) groups excluding carboxylic acids is 1. The first-order valence-electron chi connectivity index (χ1n) is 4.37. The van der Waals surface area contributed by atoms with E-state index in [4.69, 9.17) is 0 Å². The van der Waals surface area contributed by atoms with E-state index in [-0.39, 0.29) is 5.56 Å². The fourth-order valence-corrected chi connectivity index (χ4v) is 1.14. The molecule has 1 aromatic carbocycles. The molecule has 0 aromatic heterocycles. The molecule has 0 spiro atoms. The second-order valence-electron chi connectivity index (χ2n) is 2.93. The fourth-order valence-electron chi connectivity index (χ4n) is 1.14. The van der Waals surface area contributed by atoms with Crippen LogP contribution < -0.4 is 4.74 Å². The average Bonchev–Trinajstić information content (AvgIpc) is 2.28. The van der Waals surface area contributed by atoms with Gasteiger partial charge in [0.1, 0.15) is 0 Å². The molecule has 1 amide bonds. The Morgan fingerprint density at radius 1 is 1.31 bits per heavy atom. The Morgan fingerprint density at radius 3 is 2.44 bits per heavy atom. The van der Waals surface area contributed by atoms with Gasteiger partial charge in [-0.25, -0.2) is 13.8 Å². The molecular formula is C10H11F2NO3. The monoisotopic (exact) mass is 231 g/mol. The van der Waals surface area contributed by atoms with E-state index in [1.165, 1.54) is 14.2 Å². The highest BCUT2D eigenvalue weighted by atomic mass is 19.1. The number of hydrogen-bond acceptors (Lipinski definition) is 3. The Hall–Kier alpha value is -1.69. The van der Waals surface area contributed by atoms with Crippen LogP contribution in [0.2, 0.25) is 0 Å². The largest absolute Gasteiger partial charge is 0.491 e. The van der Waals surface area contributed by atoms with Crippen molar-refractivity contribution in [1.82, 2.24) is 5.06 Å². The molecule has 0 bridgehead atoms. The second kappa shape index (κ2) is 4.89. The quantitative estimate of drug-likeness (QED) is 0.742. The van der Waals surface area contributed by atoms with Gasteiger partial charge in [0.05, 0.1) is 19.8 Å². The van der Waals surface area contributed by atoms with Gasteiger partial charge in [0.15, 0.2) is 17.4 Å². The van der Waals surface area contributed by atoms with Crippen molar-refractivity contribution in [1.29, 1.82) is 0 Å². The van der Waals surface area contributed by atoms with Crippen molar-refractivity contribution >= 4 is 5.91 Å². The summed E-state index contributed by atoms with van der Waals surface area (Å²) in [6.07, 6.45) is 0. The SMILES string of the molecule is COc1c(F)ccc(C(=O)N(C)OC)c1F. The third-order valence-corrected chi connectivity index (χ3v) is 2.04. The maximum absolute atomic E-state index is 13.6. The van der Waals surface area contributed by atoms with Gasteiger partial charge in [-0.15, -0.1) is 0 Å². The number of halogens is 2. The van der Waals surface area contributed by atoms with Crippen molar-refractivity contribution in [3.63, 3.8) is 0 Å². The van der Waals surface area contributed by atoms with Crippen LogP contribution in [-0.2, 0) is 4.84 Å². The number of nitrogens with zero attached hydrogens (tertiary/aromatic N) is 1. The van der Waals surface area contributed by atoms with Crippen LogP contribution in [0.1, 0.15) is 10.4 Å². The molecule has 0 unspecified atom stereocenters. The van der Waals surface area contributed by atoms with Gasteiger partial charge >= 0.3 is 0 Å². The molecule has 0 aliphatic heterocycles. The standard InChI is InChI=1S/C10H11F2NO3/c1-13(16-3)10(14)6-4-5-7(11)9(15-2)8(6)12/h4-5H,1-3H3. The number of ether oxygens (including phenoxy) is 1. The smallest absolute Gasteiger partial charge is 0.280 e. The first-order chi connectivity index (χ1) is 7.52. The Labute approximate surface area is 91.3 Å². The lowest BCUT2D eigenvalue weighted by Crippen LogP contribution is -2.26. The van der Waals surface area contributed by atoms with Gasteiger partial charge in [0.25, 0.3) is 5.91 Å². The van der Waals surface area contributed by atoms with Crippen LogP contribution in [0.3, 0.4) is 0 Å². The number of rotatable bonds is 3. The second-order valence-corrected chi connectivity index (χ2v) is 2.93. The maximum atomic E-state index is 13.6. The van der Waals surface area contributed by atoms with Gasteiger partial charge in [0, 0.05) is 7.05 Å². The zero-order valence-electron chi connectivity index (χ0n) is 9.08. The molecule has 16 heavy (non-hydrogen) atoms. The summed E-state index contributed by atoms with van der Waals surface area (Å²) >= 11 is 0. The topological polar surface area (TPSA) is 38.8 Å². The van der Waals surface area contributed by atoms with Crippen LogP contribution in [-0.4, -0.2) is 32.2 Å². The lowest BCUT2D eigenvalue weighted by Gasteiger charge is -2.15. The zero-order chi connectivity index (χ0) is 12.3. The third kappa shape index (κ3) is 2.11. The lowest BCUT2D eigenvalue weighted by atomic mass is 10.2. The zero-order valence-corrected chi connectivity index (χ0v) is 9.08. The van der Waals surface area contributed by atoms with E-state index in [0.717, 1.165) is 24.3 Å². The highest BCUT2D eigenvalue weighted by Crippen LogP contribution is 2.24. The third-order valence-electron chi connectivity index (χ3n) is 2.04. The van der Waals surface area contributed by atoms with E-state index in [9.17, 15) is 13.6 Å². The molecule has 0 atom stereocenters. The van der Waals surface area contributed by atoms with Gasteiger partial charge in [0.2, 0.25) is 0 Å². The van der Waals surface area contributed by atoms with E-state index >= 15 is 0 Å². The van der Waals surface area contributed by atoms with Gasteiger partial charge < -0.3 is 4.74 Å². The summed E-state index contributed by atoms with van der Waals surface area (Å²) in [4.78, 5) is 16.2. The summed E-state index contributed by atoms with van der Waals surface area (Å²) in [5.74, 6) is -3.22. The number of amides is 1. The number of carbonyl (C=O) groups is 1. The van der Waals surface area contributed by atoms with Crippen molar-refractivity contribution in [2.75, 3.05) is 21.3 Å². The van der Waals surface area contributed by atoms with Crippen molar-refractivity contribution < 1.29 is 23.1 Å². The molecule has 0 heterocycles. The number of benzene rings is 1. The molecule has 1 aromatic rings. The lowest BCUT2D eigenvalue weighted by molar-refractivity contribution is -0.0759.